The quantitative estimate of drug-likeness (QED) is 0.932. The third-order valence-corrected chi connectivity index (χ3v) is 5.21. The molecule has 2 amide bonds. The summed E-state index contributed by atoms with van der Waals surface area (Å²) >= 11 is 1.54. The molecule has 0 aliphatic carbocycles. The van der Waals surface area contributed by atoms with E-state index in [1.54, 1.807) is 17.5 Å². The van der Waals surface area contributed by atoms with E-state index in [1.807, 2.05) is 34.8 Å². The topological polar surface area (TPSA) is 81.2 Å². The number of piperidine rings is 1. The molecule has 23 heavy (non-hydrogen) atoms. The molecule has 2 aromatic rings. The van der Waals surface area contributed by atoms with Crippen LogP contribution >= 0.6 is 11.3 Å². The number of primary amides is 1. The van der Waals surface area contributed by atoms with Crippen LogP contribution in [0.4, 0.5) is 0 Å². The van der Waals surface area contributed by atoms with E-state index in [4.69, 9.17) is 5.73 Å². The monoisotopic (exact) mass is 332 g/mol. The van der Waals surface area contributed by atoms with Crippen molar-refractivity contribution < 1.29 is 9.59 Å². The first-order chi connectivity index (χ1) is 11.0. The molecule has 0 saturated carbocycles. The van der Waals surface area contributed by atoms with Crippen LogP contribution in [0.25, 0.3) is 5.13 Å². The number of rotatable bonds is 3. The van der Waals surface area contributed by atoms with Gasteiger partial charge in [0.25, 0.3) is 5.91 Å². The van der Waals surface area contributed by atoms with E-state index in [9.17, 15) is 9.59 Å². The van der Waals surface area contributed by atoms with Crippen LogP contribution in [0.5, 0.6) is 0 Å². The third kappa shape index (κ3) is 2.88. The Morgan fingerprint density at radius 2 is 2.00 bits per heavy atom. The molecular formula is C16H20N4O2S. The molecule has 3 rings (SSSR count). The van der Waals surface area contributed by atoms with Crippen molar-refractivity contribution in [2.45, 2.75) is 26.7 Å². The fourth-order valence-electron chi connectivity index (χ4n) is 3.14. The molecular weight excluding hydrogens is 312 g/mol. The lowest BCUT2D eigenvalue weighted by Crippen LogP contribution is -2.41. The molecule has 2 aromatic heterocycles. The Morgan fingerprint density at radius 1 is 1.30 bits per heavy atom. The van der Waals surface area contributed by atoms with Crippen molar-refractivity contribution in [3.63, 3.8) is 0 Å². The van der Waals surface area contributed by atoms with E-state index >= 15 is 0 Å². The smallest absolute Gasteiger partial charge is 0.255 e. The van der Waals surface area contributed by atoms with Gasteiger partial charge < -0.3 is 10.6 Å². The van der Waals surface area contributed by atoms with Gasteiger partial charge in [-0.15, -0.1) is 11.3 Å². The maximum atomic E-state index is 12.8. The third-order valence-electron chi connectivity index (χ3n) is 4.46. The van der Waals surface area contributed by atoms with Gasteiger partial charge in [0.1, 0.15) is 0 Å². The van der Waals surface area contributed by atoms with Crippen molar-refractivity contribution >= 4 is 23.2 Å². The van der Waals surface area contributed by atoms with Gasteiger partial charge in [0.2, 0.25) is 5.91 Å². The second kappa shape index (κ2) is 6.16. The van der Waals surface area contributed by atoms with Gasteiger partial charge in [-0.25, -0.2) is 4.98 Å². The van der Waals surface area contributed by atoms with Crippen molar-refractivity contribution in [3.8, 4) is 5.13 Å². The molecule has 1 saturated heterocycles. The van der Waals surface area contributed by atoms with E-state index in [0.29, 0.717) is 31.5 Å². The van der Waals surface area contributed by atoms with Crippen molar-refractivity contribution in [3.05, 3.63) is 34.6 Å². The Hall–Kier alpha value is -2.15. The second-order valence-electron chi connectivity index (χ2n) is 5.90. The molecule has 1 fully saturated rings. The van der Waals surface area contributed by atoms with Crippen LogP contribution in [-0.4, -0.2) is 39.4 Å². The summed E-state index contributed by atoms with van der Waals surface area (Å²) in [5, 5.41) is 2.79. The zero-order valence-corrected chi connectivity index (χ0v) is 14.1. The van der Waals surface area contributed by atoms with Gasteiger partial charge >= 0.3 is 0 Å². The predicted molar refractivity (Wildman–Crippen MR) is 88.7 cm³/mol. The average Bonchev–Trinajstić information content (AvgIpc) is 3.14. The van der Waals surface area contributed by atoms with Gasteiger partial charge in [0.15, 0.2) is 5.13 Å². The van der Waals surface area contributed by atoms with Gasteiger partial charge in [0, 0.05) is 42.0 Å². The average molecular weight is 332 g/mol. The lowest BCUT2D eigenvalue weighted by Gasteiger charge is -2.30. The zero-order chi connectivity index (χ0) is 16.6. The first-order valence-corrected chi connectivity index (χ1v) is 8.54. The molecule has 122 valence electrons. The molecule has 0 unspecified atom stereocenters. The highest BCUT2D eigenvalue weighted by molar-refractivity contribution is 7.12. The fourth-order valence-corrected chi connectivity index (χ4v) is 3.89. The van der Waals surface area contributed by atoms with E-state index in [2.05, 4.69) is 4.98 Å². The van der Waals surface area contributed by atoms with E-state index in [1.165, 1.54) is 0 Å². The summed E-state index contributed by atoms with van der Waals surface area (Å²) in [6.45, 7) is 5.07. The van der Waals surface area contributed by atoms with Gasteiger partial charge in [-0.2, -0.15) is 0 Å². The van der Waals surface area contributed by atoms with Crippen molar-refractivity contribution in [2.24, 2.45) is 11.7 Å². The lowest BCUT2D eigenvalue weighted by molar-refractivity contribution is -0.123. The van der Waals surface area contributed by atoms with Gasteiger partial charge in [-0.1, -0.05) is 0 Å². The molecule has 1 aliphatic heterocycles. The molecule has 0 radical (unpaired) electrons. The summed E-state index contributed by atoms with van der Waals surface area (Å²) < 4.78 is 2.01. The molecule has 0 spiro atoms. The van der Waals surface area contributed by atoms with Crippen molar-refractivity contribution in [2.75, 3.05) is 13.1 Å². The Bertz CT molecular complexity index is 728. The maximum absolute atomic E-state index is 12.8. The molecule has 0 bridgehead atoms. The second-order valence-corrected chi connectivity index (χ2v) is 6.78. The number of nitrogens with two attached hydrogens (primary N) is 1. The number of carbonyl (C=O) groups is 2. The SMILES string of the molecule is Cc1cc(C(=O)N2CCC(C(N)=O)CC2)c(C)n1-c1nccs1. The Labute approximate surface area is 138 Å². The number of hydrogen-bond acceptors (Lipinski definition) is 4. The van der Waals surface area contributed by atoms with Crippen LogP contribution in [-0.2, 0) is 4.79 Å². The number of likely N-dealkylation sites (tertiary alicyclic amines) is 1. The van der Waals surface area contributed by atoms with Crippen LogP contribution in [0, 0.1) is 19.8 Å². The van der Waals surface area contributed by atoms with Crippen molar-refractivity contribution in [1.29, 1.82) is 0 Å². The highest BCUT2D eigenvalue weighted by atomic mass is 32.1. The lowest BCUT2D eigenvalue weighted by atomic mass is 9.96. The van der Waals surface area contributed by atoms with Crippen LogP contribution in [0.3, 0.4) is 0 Å². The van der Waals surface area contributed by atoms with E-state index in [0.717, 1.165) is 16.5 Å². The molecule has 0 atom stereocenters. The van der Waals surface area contributed by atoms with Crippen LogP contribution in [0.2, 0.25) is 0 Å². The molecule has 6 nitrogen and oxygen atoms in total. The van der Waals surface area contributed by atoms with Gasteiger partial charge in [0.05, 0.1) is 5.56 Å². The minimum atomic E-state index is -0.265. The number of aryl methyl sites for hydroxylation is 1. The number of aromatic nitrogens is 2. The summed E-state index contributed by atoms with van der Waals surface area (Å²) in [4.78, 5) is 30.2. The van der Waals surface area contributed by atoms with Crippen molar-refractivity contribution in [1.82, 2.24) is 14.5 Å². The Kier molecular flexibility index (Phi) is 4.21. The van der Waals surface area contributed by atoms with E-state index in [-0.39, 0.29) is 17.7 Å². The highest BCUT2D eigenvalue weighted by Crippen LogP contribution is 2.25. The van der Waals surface area contributed by atoms with Crippen LogP contribution < -0.4 is 5.73 Å². The Morgan fingerprint density at radius 3 is 2.57 bits per heavy atom. The first kappa shape index (κ1) is 15.7. The Balaban J connectivity index is 1.82. The van der Waals surface area contributed by atoms with Crippen LogP contribution in [0.1, 0.15) is 34.6 Å². The summed E-state index contributed by atoms with van der Waals surface area (Å²) in [5.74, 6) is -0.357. The molecule has 3 heterocycles. The number of nitrogens with zero attached hydrogens (tertiary/aromatic N) is 3. The van der Waals surface area contributed by atoms with Crippen LogP contribution in [0.15, 0.2) is 17.6 Å². The molecule has 1 aliphatic rings. The zero-order valence-electron chi connectivity index (χ0n) is 13.3. The summed E-state index contributed by atoms with van der Waals surface area (Å²) in [5.41, 5.74) is 7.95. The number of thiazole rings is 1. The highest BCUT2D eigenvalue weighted by Gasteiger charge is 2.28. The minimum absolute atomic E-state index is 0.0174. The number of hydrogen-bond donors (Lipinski definition) is 1. The standard InChI is InChI=1S/C16H20N4O2S/c1-10-9-13(11(2)20(10)16-18-5-8-23-16)15(22)19-6-3-12(4-7-19)14(17)21/h5,8-9,12H,3-4,6-7H2,1-2H3,(H2,17,21). The molecule has 0 aromatic carbocycles. The number of carbonyl (C=O) groups excluding carboxylic acids is 2. The summed E-state index contributed by atoms with van der Waals surface area (Å²) in [7, 11) is 0. The first-order valence-electron chi connectivity index (χ1n) is 7.66. The van der Waals surface area contributed by atoms with Gasteiger partial charge in [-0.05, 0) is 32.8 Å². The maximum Gasteiger partial charge on any atom is 0.255 e. The summed E-state index contributed by atoms with van der Waals surface area (Å²) in [6, 6.07) is 1.92. The van der Waals surface area contributed by atoms with Gasteiger partial charge in [-0.3, -0.25) is 14.2 Å². The largest absolute Gasteiger partial charge is 0.369 e. The predicted octanol–water partition coefficient (Wildman–Crippen LogP) is 1.89. The molecule has 7 heteroatoms. The normalized spacial score (nSPS) is 15.8. The number of amides is 2. The minimum Gasteiger partial charge on any atom is -0.369 e. The molecule has 2 N–H and O–H groups in total. The van der Waals surface area contributed by atoms with E-state index < -0.39 is 0 Å². The summed E-state index contributed by atoms with van der Waals surface area (Å²) in [6.07, 6.45) is 3.05. The fraction of sp³-hybridized carbons (Fsp3) is 0.438.